The normalized spacial score (nSPS) is 11.4. The molecule has 0 atom stereocenters. The van der Waals surface area contributed by atoms with Crippen molar-refractivity contribution in [3.8, 4) is 11.6 Å². The van der Waals surface area contributed by atoms with Crippen LogP contribution in [0.4, 0.5) is 18.9 Å². The average Bonchev–Trinajstić information content (AvgIpc) is 2.35. The van der Waals surface area contributed by atoms with Gasteiger partial charge in [0.15, 0.2) is 0 Å². The lowest BCUT2D eigenvalue weighted by atomic mass is 10.3. The third-order valence-electron chi connectivity index (χ3n) is 2.30. The van der Waals surface area contributed by atoms with E-state index in [9.17, 15) is 13.2 Å². The van der Waals surface area contributed by atoms with Gasteiger partial charge in [0.1, 0.15) is 10.8 Å². The molecule has 0 spiro atoms. The number of nitrogen functional groups attached to an aromatic ring is 1. The van der Waals surface area contributed by atoms with Gasteiger partial charge in [-0.3, -0.25) is 0 Å². The van der Waals surface area contributed by atoms with E-state index in [1.807, 2.05) is 0 Å². The topological polar surface area (TPSA) is 48.1 Å². The van der Waals surface area contributed by atoms with Crippen LogP contribution < -0.4 is 10.5 Å². The molecule has 0 amide bonds. The first-order valence-electron chi connectivity index (χ1n) is 5.23. The van der Waals surface area contributed by atoms with Crippen LogP contribution in [0.5, 0.6) is 11.6 Å². The van der Waals surface area contributed by atoms with Crippen molar-refractivity contribution >= 4 is 33.2 Å². The number of rotatable bonds is 2. The van der Waals surface area contributed by atoms with Crippen LogP contribution in [0.25, 0.3) is 0 Å². The van der Waals surface area contributed by atoms with Crippen LogP contribution in [-0.2, 0) is 6.18 Å². The maximum atomic E-state index is 12.5. The fourth-order valence-corrected chi connectivity index (χ4v) is 1.89. The second kappa shape index (κ2) is 5.49. The van der Waals surface area contributed by atoms with Crippen LogP contribution >= 0.6 is 27.5 Å². The number of halogens is 5. The molecule has 20 heavy (non-hydrogen) atoms. The summed E-state index contributed by atoms with van der Waals surface area (Å²) in [4.78, 5) is 3.57. The molecule has 0 aliphatic rings. The Hall–Kier alpha value is -1.47. The minimum atomic E-state index is -4.51. The second-order valence-corrected chi connectivity index (χ2v) is 5.06. The molecule has 0 aliphatic carbocycles. The Morgan fingerprint density at radius 1 is 1.25 bits per heavy atom. The molecule has 0 saturated carbocycles. The molecule has 2 rings (SSSR count). The van der Waals surface area contributed by atoms with E-state index in [4.69, 9.17) is 22.1 Å². The van der Waals surface area contributed by atoms with Gasteiger partial charge in [-0.05, 0) is 34.1 Å². The van der Waals surface area contributed by atoms with E-state index >= 15 is 0 Å². The summed E-state index contributed by atoms with van der Waals surface area (Å²) in [5.74, 6) is 0.171. The summed E-state index contributed by atoms with van der Waals surface area (Å²) in [6.07, 6.45) is -3.85. The van der Waals surface area contributed by atoms with Crippen molar-refractivity contribution in [3.05, 3.63) is 45.5 Å². The maximum absolute atomic E-state index is 12.5. The lowest BCUT2D eigenvalue weighted by molar-refractivity contribution is -0.137. The quantitative estimate of drug-likeness (QED) is 0.769. The van der Waals surface area contributed by atoms with E-state index in [0.29, 0.717) is 22.1 Å². The Morgan fingerprint density at radius 2 is 1.95 bits per heavy atom. The highest BCUT2D eigenvalue weighted by Crippen LogP contribution is 2.36. The first-order chi connectivity index (χ1) is 9.27. The molecule has 0 saturated heterocycles. The Bertz CT molecular complexity index is 649. The van der Waals surface area contributed by atoms with Crippen molar-refractivity contribution < 1.29 is 17.9 Å². The van der Waals surface area contributed by atoms with Crippen LogP contribution in [0, 0.1) is 0 Å². The van der Waals surface area contributed by atoms with Crippen molar-refractivity contribution in [2.45, 2.75) is 6.18 Å². The highest BCUT2D eigenvalue weighted by atomic mass is 79.9. The number of anilines is 1. The zero-order valence-electron chi connectivity index (χ0n) is 9.71. The van der Waals surface area contributed by atoms with Gasteiger partial charge >= 0.3 is 6.18 Å². The molecule has 2 N–H and O–H groups in total. The largest absolute Gasteiger partial charge is 0.436 e. The van der Waals surface area contributed by atoms with Gasteiger partial charge in [0.2, 0.25) is 5.88 Å². The smallest absolute Gasteiger partial charge is 0.417 e. The first-order valence-corrected chi connectivity index (χ1v) is 6.40. The number of aromatic nitrogens is 1. The number of nitrogens with zero attached hydrogens (tertiary/aromatic N) is 1. The summed E-state index contributed by atoms with van der Waals surface area (Å²) in [6, 6.07) is 5.53. The van der Waals surface area contributed by atoms with Gasteiger partial charge in [-0.1, -0.05) is 11.6 Å². The molecule has 106 valence electrons. The summed E-state index contributed by atoms with van der Waals surface area (Å²) in [7, 11) is 0. The Morgan fingerprint density at radius 3 is 2.55 bits per heavy atom. The van der Waals surface area contributed by atoms with Gasteiger partial charge in [-0.15, -0.1) is 0 Å². The van der Waals surface area contributed by atoms with E-state index < -0.39 is 11.7 Å². The molecular formula is C12H7BrClF3N2O. The van der Waals surface area contributed by atoms with E-state index in [0.717, 1.165) is 6.07 Å². The number of hydrogen-bond acceptors (Lipinski definition) is 3. The molecule has 1 heterocycles. The molecule has 0 radical (unpaired) electrons. The van der Waals surface area contributed by atoms with Gasteiger partial charge in [0.05, 0.1) is 10.0 Å². The molecule has 1 aromatic heterocycles. The number of pyridine rings is 1. The van der Waals surface area contributed by atoms with Crippen molar-refractivity contribution in [3.63, 3.8) is 0 Å². The van der Waals surface area contributed by atoms with E-state index in [-0.39, 0.29) is 10.9 Å². The van der Waals surface area contributed by atoms with Crippen molar-refractivity contribution in [2.24, 2.45) is 0 Å². The Kier molecular flexibility index (Phi) is 4.10. The maximum Gasteiger partial charge on any atom is 0.417 e. The zero-order valence-corrected chi connectivity index (χ0v) is 12.1. The number of alkyl halides is 3. The lowest BCUT2D eigenvalue weighted by Gasteiger charge is -2.11. The van der Waals surface area contributed by atoms with Crippen LogP contribution in [0.2, 0.25) is 5.02 Å². The van der Waals surface area contributed by atoms with Crippen LogP contribution in [-0.4, -0.2) is 4.98 Å². The van der Waals surface area contributed by atoms with Crippen molar-refractivity contribution in [1.29, 1.82) is 0 Å². The third-order valence-corrected chi connectivity index (χ3v) is 3.22. The number of ether oxygens (including phenoxy) is 1. The van der Waals surface area contributed by atoms with E-state index in [1.54, 1.807) is 12.1 Å². The van der Waals surface area contributed by atoms with Crippen LogP contribution in [0.15, 0.2) is 34.9 Å². The first kappa shape index (κ1) is 14.9. The summed E-state index contributed by atoms with van der Waals surface area (Å²) in [6.45, 7) is 0. The molecule has 0 bridgehead atoms. The molecule has 0 unspecified atom stereocenters. The summed E-state index contributed by atoms with van der Waals surface area (Å²) < 4.78 is 43.4. The fourth-order valence-electron chi connectivity index (χ4n) is 1.36. The fraction of sp³-hybridized carbons (Fsp3) is 0.0833. The third kappa shape index (κ3) is 3.34. The van der Waals surface area contributed by atoms with E-state index in [1.165, 1.54) is 6.07 Å². The molecule has 3 nitrogen and oxygen atoms in total. The zero-order chi connectivity index (χ0) is 14.9. The summed E-state index contributed by atoms with van der Waals surface area (Å²) in [5, 5.41) is -0.242. The minimum absolute atomic E-state index is 0.133. The average molecular weight is 368 g/mol. The van der Waals surface area contributed by atoms with Gasteiger partial charge in [0, 0.05) is 18.0 Å². The molecule has 0 aliphatic heterocycles. The number of benzene rings is 1. The second-order valence-electron chi connectivity index (χ2n) is 3.80. The van der Waals surface area contributed by atoms with Gasteiger partial charge in [-0.2, -0.15) is 13.2 Å². The highest BCUT2D eigenvalue weighted by molar-refractivity contribution is 9.10. The summed E-state index contributed by atoms with van der Waals surface area (Å²) in [5.41, 5.74) is 5.09. The molecular weight excluding hydrogens is 360 g/mol. The van der Waals surface area contributed by atoms with Gasteiger partial charge in [0.25, 0.3) is 0 Å². The minimum Gasteiger partial charge on any atom is -0.436 e. The monoisotopic (exact) mass is 366 g/mol. The van der Waals surface area contributed by atoms with Crippen molar-refractivity contribution in [1.82, 2.24) is 4.98 Å². The number of nitrogens with two attached hydrogens (primary N) is 1. The van der Waals surface area contributed by atoms with Crippen molar-refractivity contribution in [2.75, 3.05) is 5.73 Å². The standard InChI is InChI=1S/C12H7BrClF3N2O/c13-8-2-1-7(18)4-10(8)20-11-9(14)3-6(5-19-11)12(15,16)17/h1-5H,18H2. The van der Waals surface area contributed by atoms with Gasteiger partial charge < -0.3 is 10.5 Å². The van der Waals surface area contributed by atoms with Gasteiger partial charge in [-0.25, -0.2) is 4.98 Å². The molecule has 8 heteroatoms. The Balaban J connectivity index is 2.33. The predicted molar refractivity (Wildman–Crippen MR) is 72.9 cm³/mol. The van der Waals surface area contributed by atoms with Crippen LogP contribution in [0.1, 0.15) is 5.56 Å². The molecule has 0 fully saturated rings. The highest BCUT2D eigenvalue weighted by Gasteiger charge is 2.31. The number of hydrogen-bond donors (Lipinski definition) is 1. The predicted octanol–water partition coefficient (Wildman–Crippen LogP) is 4.89. The molecule has 2 aromatic rings. The lowest BCUT2D eigenvalue weighted by Crippen LogP contribution is -2.05. The molecule has 1 aromatic carbocycles. The summed E-state index contributed by atoms with van der Waals surface area (Å²) >= 11 is 8.97. The van der Waals surface area contributed by atoms with Crippen LogP contribution in [0.3, 0.4) is 0 Å². The Labute approximate surface area is 125 Å². The van der Waals surface area contributed by atoms with E-state index in [2.05, 4.69) is 20.9 Å². The SMILES string of the molecule is Nc1ccc(Br)c(Oc2ncc(C(F)(F)F)cc2Cl)c1.